The van der Waals surface area contributed by atoms with E-state index in [1.54, 1.807) is 6.07 Å². The molecule has 100 valence electrons. The van der Waals surface area contributed by atoms with Gasteiger partial charge in [-0.25, -0.2) is 8.78 Å². The molecular formula is C14H19F2NO. The fourth-order valence-electron chi connectivity index (χ4n) is 2.29. The van der Waals surface area contributed by atoms with Crippen LogP contribution in [0.2, 0.25) is 0 Å². The van der Waals surface area contributed by atoms with Crippen LogP contribution in [0.3, 0.4) is 0 Å². The normalized spacial score (nSPS) is 18.7. The first-order chi connectivity index (χ1) is 8.61. The Labute approximate surface area is 106 Å². The summed E-state index contributed by atoms with van der Waals surface area (Å²) in [7, 11) is 0. The Bertz CT molecular complexity index is 407. The Morgan fingerprint density at radius 2 is 2.06 bits per heavy atom. The van der Waals surface area contributed by atoms with Gasteiger partial charge in [0, 0.05) is 18.7 Å². The van der Waals surface area contributed by atoms with Crippen LogP contribution in [0.5, 0.6) is 0 Å². The van der Waals surface area contributed by atoms with Crippen molar-refractivity contribution in [1.82, 2.24) is 5.32 Å². The number of rotatable bonds is 6. The molecule has 18 heavy (non-hydrogen) atoms. The predicted octanol–water partition coefficient (Wildman–Crippen LogP) is 2.78. The van der Waals surface area contributed by atoms with E-state index in [1.165, 1.54) is 18.9 Å². The molecule has 2 unspecified atom stereocenters. The van der Waals surface area contributed by atoms with E-state index in [2.05, 4.69) is 5.32 Å². The SMILES string of the molecule is CC(NC(CCO)C1CC1)c1ccc(F)c(F)c1. The van der Waals surface area contributed by atoms with Gasteiger partial charge < -0.3 is 10.4 Å². The second-order valence-electron chi connectivity index (χ2n) is 5.02. The number of hydrogen-bond acceptors (Lipinski definition) is 2. The van der Waals surface area contributed by atoms with E-state index >= 15 is 0 Å². The highest BCUT2D eigenvalue weighted by Gasteiger charge is 2.31. The first-order valence-electron chi connectivity index (χ1n) is 6.43. The second kappa shape index (κ2) is 5.76. The molecule has 0 aliphatic heterocycles. The lowest BCUT2D eigenvalue weighted by molar-refractivity contribution is 0.250. The van der Waals surface area contributed by atoms with Crippen LogP contribution >= 0.6 is 0 Å². The molecule has 0 bridgehead atoms. The summed E-state index contributed by atoms with van der Waals surface area (Å²) in [6, 6.07) is 4.20. The van der Waals surface area contributed by atoms with Crippen molar-refractivity contribution in [3.63, 3.8) is 0 Å². The molecule has 1 fully saturated rings. The van der Waals surface area contributed by atoms with Gasteiger partial charge in [0.15, 0.2) is 11.6 Å². The summed E-state index contributed by atoms with van der Waals surface area (Å²) in [5.74, 6) is -1.02. The lowest BCUT2D eigenvalue weighted by Crippen LogP contribution is -2.34. The van der Waals surface area contributed by atoms with Crippen molar-refractivity contribution in [1.29, 1.82) is 0 Å². The van der Waals surface area contributed by atoms with Gasteiger partial charge in [-0.15, -0.1) is 0 Å². The van der Waals surface area contributed by atoms with Gasteiger partial charge in [-0.1, -0.05) is 6.07 Å². The summed E-state index contributed by atoms with van der Waals surface area (Å²) in [5, 5.41) is 12.4. The molecule has 2 atom stereocenters. The summed E-state index contributed by atoms with van der Waals surface area (Å²) < 4.78 is 26.0. The first-order valence-corrected chi connectivity index (χ1v) is 6.43. The largest absolute Gasteiger partial charge is 0.396 e. The standard InChI is InChI=1S/C14H19F2NO/c1-9(11-4-5-12(15)13(16)8-11)17-14(6-7-18)10-2-3-10/h4-5,8-10,14,17-18H,2-3,6-7H2,1H3. The van der Waals surface area contributed by atoms with Crippen LogP contribution in [0, 0.1) is 17.6 Å². The van der Waals surface area contributed by atoms with Gasteiger partial charge in [-0.05, 0) is 49.8 Å². The molecule has 0 saturated heterocycles. The van der Waals surface area contributed by atoms with Crippen molar-refractivity contribution in [3.8, 4) is 0 Å². The monoisotopic (exact) mass is 255 g/mol. The molecule has 0 radical (unpaired) electrons. The zero-order valence-corrected chi connectivity index (χ0v) is 10.5. The van der Waals surface area contributed by atoms with E-state index in [9.17, 15) is 8.78 Å². The van der Waals surface area contributed by atoms with E-state index in [4.69, 9.17) is 5.11 Å². The Kier molecular flexibility index (Phi) is 4.30. The minimum Gasteiger partial charge on any atom is -0.396 e. The Morgan fingerprint density at radius 3 is 2.61 bits per heavy atom. The molecule has 2 nitrogen and oxygen atoms in total. The van der Waals surface area contributed by atoms with Crippen LogP contribution in [0.4, 0.5) is 8.78 Å². The third-order valence-electron chi connectivity index (χ3n) is 3.54. The zero-order valence-electron chi connectivity index (χ0n) is 10.5. The maximum atomic E-state index is 13.2. The Balaban J connectivity index is 2.00. The van der Waals surface area contributed by atoms with Crippen LogP contribution in [-0.2, 0) is 0 Å². The van der Waals surface area contributed by atoms with Gasteiger partial charge in [-0.2, -0.15) is 0 Å². The predicted molar refractivity (Wildman–Crippen MR) is 66.1 cm³/mol. The number of nitrogens with one attached hydrogen (secondary N) is 1. The highest BCUT2D eigenvalue weighted by molar-refractivity contribution is 5.21. The van der Waals surface area contributed by atoms with Crippen LogP contribution in [0.25, 0.3) is 0 Å². The van der Waals surface area contributed by atoms with Crippen molar-refractivity contribution < 1.29 is 13.9 Å². The second-order valence-corrected chi connectivity index (χ2v) is 5.02. The molecule has 1 aromatic rings. The molecule has 1 saturated carbocycles. The highest BCUT2D eigenvalue weighted by Crippen LogP contribution is 2.35. The van der Waals surface area contributed by atoms with Gasteiger partial charge in [0.05, 0.1) is 0 Å². The number of halogens is 2. The smallest absolute Gasteiger partial charge is 0.159 e. The molecule has 1 aliphatic rings. The molecule has 2 N–H and O–H groups in total. The fourth-order valence-corrected chi connectivity index (χ4v) is 2.29. The lowest BCUT2D eigenvalue weighted by atomic mass is 10.0. The molecule has 2 rings (SSSR count). The number of benzene rings is 1. The summed E-state index contributed by atoms with van der Waals surface area (Å²) >= 11 is 0. The van der Waals surface area contributed by atoms with Crippen LogP contribution < -0.4 is 5.32 Å². The van der Waals surface area contributed by atoms with Crippen molar-refractivity contribution in [2.75, 3.05) is 6.61 Å². The van der Waals surface area contributed by atoms with Gasteiger partial charge in [0.2, 0.25) is 0 Å². The van der Waals surface area contributed by atoms with Gasteiger partial charge >= 0.3 is 0 Å². The molecule has 0 aromatic heterocycles. The van der Waals surface area contributed by atoms with E-state index in [1.807, 2.05) is 6.92 Å². The van der Waals surface area contributed by atoms with Crippen LogP contribution in [0.15, 0.2) is 18.2 Å². The third kappa shape index (κ3) is 3.27. The minimum absolute atomic E-state index is 0.0442. The maximum absolute atomic E-state index is 13.2. The molecular weight excluding hydrogens is 236 g/mol. The fraction of sp³-hybridized carbons (Fsp3) is 0.571. The summed E-state index contributed by atoms with van der Waals surface area (Å²) in [6.45, 7) is 2.08. The van der Waals surface area contributed by atoms with Gasteiger partial charge in [-0.3, -0.25) is 0 Å². The van der Waals surface area contributed by atoms with Crippen molar-refractivity contribution in [2.45, 2.75) is 38.3 Å². The van der Waals surface area contributed by atoms with Crippen molar-refractivity contribution in [3.05, 3.63) is 35.4 Å². The Hall–Kier alpha value is -1.00. The minimum atomic E-state index is -0.819. The molecule has 0 amide bonds. The lowest BCUT2D eigenvalue weighted by Gasteiger charge is -2.23. The molecule has 1 aromatic carbocycles. The highest BCUT2D eigenvalue weighted by atomic mass is 19.2. The van der Waals surface area contributed by atoms with Gasteiger partial charge in [0.1, 0.15) is 0 Å². The average Bonchev–Trinajstić information content (AvgIpc) is 3.16. The van der Waals surface area contributed by atoms with Crippen molar-refractivity contribution in [2.24, 2.45) is 5.92 Å². The third-order valence-corrected chi connectivity index (χ3v) is 3.54. The summed E-state index contributed by atoms with van der Waals surface area (Å²) in [4.78, 5) is 0. The molecule has 4 heteroatoms. The van der Waals surface area contributed by atoms with Gasteiger partial charge in [0.25, 0.3) is 0 Å². The topological polar surface area (TPSA) is 32.3 Å². The molecule has 0 heterocycles. The molecule has 0 spiro atoms. The van der Waals surface area contributed by atoms with Crippen LogP contribution in [-0.4, -0.2) is 17.8 Å². The van der Waals surface area contributed by atoms with E-state index in [0.29, 0.717) is 12.3 Å². The van der Waals surface area contributed by atoms with Crippen LogP contribution in [0.1, 0.15) is 37.8 Å². The quantitative estimate of drug-likeness (QED) is 0.819. The number of aliphatic hydroxyl groups excluding tert-OH is 1. The number of aliphatic hydroxyl groups is 1. The van der Waals surface area contributed by atoms with Crippen molar-refractivity contribution >= 4 is 0 Å². The number of hydrogen-bond donors (Lipinski definition) is 2. The van der Waals surface area contributed by atoms with E-state index < -0.39 is 11.6 Å². The zero-order chi connectivity index (χ0) is 13.1. The summed E-state index contributed by atoms with van der Waals surface area (Å²) in [5.41, 5.74) is 0.734. The van der Waals surface area contributed by atoms with E-state index in [0.717, 1.165) is 11.6 Å². The van der Waals surface area contributed by atoms with E-state index in [-0.39, 0.29) is 18.7 Å². The average molecular weight is 255 g/mol. The Morgan fingerprint density at radius 1 is 1.33 bits per heavy atom. The first kappa shape index (κ1) is 13.4. The summed E-state index contributed by atoms with van der Waals surface area (Å²) in [6.07, 6.45) is 3.07. The maximum Gasteiger partial charge on any atom is 0.159 e. The molecule has 1 aliphatic carbocycles.